The molecular formula is C41H64O2. The van der Waals surface area contributed by atoms with Gasteiger partial charge in [-0.1, -0.05) is 144 Å². The molecule has 0 amide bonds. The van der Waals surface area contributed by atoms with Crippen LogP contribution in [-0.4, -0.2) is 22.4 Å². The number of aliphatic hydroxyl groups is 2. The summed E-state index contributed by atoms with van der Waals surface area (Å²) < 4.78 is 0. The van der Waals surface area contributed by atoms with Gasteiger partial charge in [0, 0.05) is 5.41 Å². The van der Waals surface area contributed by atoms with Crippen molar-refractivity contribution < 1.29 is 10.2 Å². The third-order valence-corrected chi connectivity index (χ3v) is 12.0. The third-order valence-electron chi connectivity index (χ3n) is 12.0. The first-order valence-electron chi connectivity index (χ1n) is 17.2. The van der Waals surface area contributed by atoms with E-state index < -0.39 is 0 Å². The summed E-state index contributed by atoms with van der Waals surface area (Å²) in [5, 5.41) is 24.1. The number of rotatable bonds is 4. The summed E-state index contributed by atoms with van der Waals surface area (Å²) in [5.74, 6) is 1.52. The molecular weight excluding hydrogens is 524 g/mol. The quantitative estimate of drug-likeness (QED) is 0.373. The van der Waals surface area contributed by atoms with Gasteiger partial charge in [-0.15, -0.1) is 0 Å². The van der Waals surface area contributed by atoms with Gasteiger partial charge in [0.05, 0.1) is 12.2 Å². The van der Waals surface area contributed by atoms with E-state index in [1.54, 1.807) is 0 Å². The number of aliphatic hydroxyl groups excluding tert-OH is 2. The molecule has 0 aromatic heterocycles. The second-order valence-electron chi connectivity index (χ2n) is 18.8. The SMILES string of the molecule is CC(C)(C)C1CC(C(c2ccccc2)(c2ccccc2)C2CC(C(C)(C)C)C(O)C(C(C)(C)C)C2)CC(C(C)(C)C)C1O. The van der Waals surface area contributed by atoms with Crippen molar-refractivity contribution >= 4 is 0 Å². The molecule has 4 atom stereocenters. The maximum absolute atomic E-state index is 12.0. The Kier molecular flexibility index (Phi) is 9.51. The fourth-order valence-corrected chi connectivity index (χ4v) is 9.61. The van der Waals surface area contributed by atoms with Crippen LogP contribution in [0.15, 0.2) is 60.7 Å². The smallest absolute Gasteiger partial charge is 0.0606 e. The molecule has 2 aliphatic carbocycles. The minimum atomic E-state index is -0.321. The van der Waals surface area contributed by atoms with E-state index in [1.165, 1.54) is 11.1 Å². The van der Waals surface area contributed by atoms with Gasteiger partial charge in [-0.05, 0) is 94.0 Å². The molecule has 2 N–H and O–H groups in total. The number of hydrogen-bond acceptors (Lipinski definition) is 2. The highest BCUT2D eigenvalue weighted by atomic mass is 16.3. The van der Waals surface area contributed by atoms with Crippen LogP contribution in [0.3, 0.4) is 0 Å². The van der Waals surface area contributed by atoms with Gasteiger partial charge < -0.3 is 10.2 Å². The molecule has 0 saturated heterocycles. The van der Waals surface area contributed by atoms with Gasteiger partial charge in [-0.25, -0.2) is 0 Å². The van der Waals surface area contributed by atoms with Crippen LogP contribution in [0.25, 0.3) is 0 Å². The van der Waals surface area contributed by atoms with Gasteiger partial charge in [-0.3, -0.25) is 0 Å². The average molecular weight is 589 g/mol. The van der Waals surface area contributed by atoms with E-state index in [4.69, 9.17) is 0 Å². The van der Waals surface area contributed by atoms with Crippen molar-refractivity contribution in [3.8, 4) is 0 Å². The Balaban J connectivity index is 2.05. The van der Waals surface area contributed by atoms with Crippen molar-refractivity contribution in [2.24, 2.45) is 57.2 Å². The lowest BCUT2D eigenvalue weighted by atomic mass is 9.45. The molecule has 0 bridgehead atoms. The van der Waals surface area contributed by atoms with Crippen LogP contribution in [0.4, 0.5) is 0 Å². The van der Waals surface area contributed by atoms with Gasteiger partial charge in [0.2, 0.25) is 0 Å². The molecule has 2 aromatic carbocycles. The van der Waals surface area contributed by atoms with Crippen molar-refractivity contribution in [3.63, 3.8) is 0 Å². The van der Waals surface area contributed by atoms with Crippen molar-refractivity contribution in [1.82, 2.24) is 0 Å². The van der Waals surface area contributed by atoms with Crippen LogP contribution >= 0.6 is 0 Å². The standard InChI is InChI=1S/C41H64O2/c1-37(2,3)31-23-29(24-32(35(31)42)38(4,5)6)41(27-19-15-13-16-20-27,28-21-17-14-18-22-28)30-25-33(39(7,8)9)36(43)34(26-30)40(10,11)12/h13-22,29-36,42-43H,23-26H2,1-12H3. The van der Waals surface area contributed by atoms with Crippen LogP contribution in [0.5, 0.6) is 0 Å². The topological polar surface area (TPSA) is 40.5 Å². The van der Waals surface area contributed by atoms with Crippen molar-refractivity contribution in [2.45, 2.75) is 126 Å². The Bertz CT molecular complexity index is 1030. The lowest BCUT2D eigenvalue weighted by Crippen LogP contribution is -2.57. The minimum Gasteiger partial charge on any atom is -0.393 e. The molecule has 4 unspecified atom stereocenters. The maximum Gasteiger partial charge on any atom is 0.0606 e. The zero-order valence-electron chi connectivity index (χ0n) is 29.6. The minimum absolute atomic E-state index is 0.00858. The van der Waals surface area contributed by atoms with Crippen LogP contribution in [0, 0.1) is 57.2 Å². The Morgan fingerprint density at radius 1 is 0.419 bits per heavy atom. The summed E-state index contributed by atoms with van der Waals surface area (Å²) in [6.45, 7) is 28.0. The van der Waals surface area contributed by atoms with Crippen LogP contribution in [0.2, 0.25) is 0 Å². The summed E-state index contributed by atoms with van der Waals surface area (Å²) in [6, 6.07) is 22.8. The third kappa shape index (κ3) is 6.67. The van der Waals surface area contributed by atoms with E-state index in [0.29, 0.717) is 11.8 Å². The van der Waals surface area contributed by atoms with Gasteiger partial charge in [0.1, 0.15) is 0 Å². The highest BCUT2D eigenvalue weighted by molar-refractivity contribution is 5.43. The fraction of sp³-hybridized carbons (Fsp3) is 0.707. The summed E-state index contributed by atoms with van der Waals surface area (Å²) >= 11 is 0. The Labute approximate surface area is 265 Å². The molecule has 2 fully saturated rings. The molecule has 2 aliphatic rings. The molecule has 0 spiro atoms. The van der Waals surface area contributed by atoms with E-state index in [1.807, 2.05) is 0 Å². The summed E-state index contributed by atoms with van der Waals surface area (Å²) in [7, 11) is 0. The molecule has 0 heterocycles. The first-order chi connectivity index (χ1) is 19.7. The van der Waals surface area contributed by atoms with E-state index in [2.05, 4.69) is 144 Å². The fourth-order valence-electron chi connectivity index (χ4n) is 9.61. The predicted molar refractivity (Wildman–Crippen MR) is 183 cm³/mol. The largest absolute Gasteiger partial charge is 0.393 e. The van der Waals surface area contributed by atoms with E-state index >= 15 is 0 Å². The van der Waals surface area contributed by atoms with Crippen molar-refractivity contribution in [2.75, 3.05) is 0 Å². The highest BCUT2D eigenvalue weighted by Gasteiger charge is 2.58. The monoisotopic (exact) mass is 588 g/mol. The Morgan fingerprint density at radius 3 is 0.860 bits per heavy atom. The summed E-state index contributed by atoms with van der Waals surface area (Å²) in [4.78, 5) is 0. The molecule has 240 valence electrons. The molecule has 2 saturated carbocycles. The molecule has 4 rings (SSSR count). The van der Waals surface area contributed by atoms with Crippen LogP contribution in [-0.2, 0) is 5.41 Å². The van der Waals surface area contributed by atoms with Crippen molar-refractivity contribution in [3.05, 3.63) is 71.8 Å². The van der Waals surface area contributed by atoms with Crippen molar-refractivity contribution in [1.29, 1.82) is 0 Å². The van der Waals surface area contributed by atoms with E-state index in [9.17, 15) is 10.2 Å². The predicted octanol–water partition coefficient (Wildman–Crippen LogP) is 10.2. The zero-order chi connectivity index (χ0) is 32.2. The normalized spacial score (nSPS) is 31.6. The van der Waals surface area contributed by atoms with Gasteiger partial charge in [0.15, 0.2) is 0 Å². The number of hydrogen-bond donors (Lipinski definition) is 2. The molecule has 2 nitrogen and oxygen atoms in total. The lowest BCUT2D eigenvalue weighted by Gasteiger charge is -2.60. The second-order valence-corrected chi connectivity index (χ2v) is 18.8. The van der Waals surface area contributed by atoms with Crippen LogP contribution < -0.4 is 0 Å². The molecule has 0 aliphatic heterocycles. The number of benzene rings is 2. The molecule has 2 heteroatoms. The van der Waals surface area contributed by atoms with E-state index in [-0.39, 0.29) is 63.0 Å². The average Bonchev–Trinajstić information content (AvgIpc) is 2.89. The Hall–Kier alpha value is -1.64. The molecule has 0 radical (unpaired) electrons. The van der Waals surface area contributed by atoms with Gasteiger partial charge in [-0.2, -0.15) is 0 Å². The van der Waals surface area contributed by atoms with Gasteiger partial charge >= 0.3 is 0 Å². The van der Waals surface area contributed by atoms with Gasteiger partial charge in [0.25, 0.3) is 0 Å². The summed E-state index contributed by atoms with van der Waals surface area (Å²) in [6.07, 6.45) is 3.36. The summed E-state index contributed by atoms with van der Waals surface area (Å²) in [5.41, 5.74) is 2.55. The first-order valence-corrected chi connectivity index (χ1v) is 17.2. The first kappa shape index (κ1) is 34.2. The molecule has 2 aromatic rings. The van der Waals surface area contributed by atoms with Crippen LogP contribution in [0.1, 0.15) is 120 Å². The van der Waals surface area contributed by atoms with E-state index in [0.717, 1.165) is 25.7 Å². The highest BCUT2D eigenvalue weighted by Crippen LogP contribution is 2.62. The zero-order valence-corrected chi connectivity index (χ0v) is 29.6. The molecule has 43 heavy (non-hydrogen) atoms. The Morgan fingerprint density at radius 2 is 0.651 bits per heavy atom. The second kappa shape index (κ2) is 11.9. The lowest BCUT2D eigenvalue weighted by molar-refractivity contribution is -0.120. The maximum atomic E-state index is 12.0.